The molecule has 5 heteroatoms. The summed E-state index contributed by atoms with van der Waals surface area (Å²) >= 11 is 1.71. The van der Waals surface area contributed by atoms with Gasteiger partial charge in [0.05, 0.1) is 6.54 Å². The fourth-order valence-corrected chi connectivity index (χ4v) is 3.25. The minimum atomic E-state index is -0.162. The molecule has 0 spiro atoms. The van der Waals surface area contributed by atoms with E-state index in [0.29, 0.717) is 6.42 Å². The number of anilines is 1. The standard InChI is InChI=1S/C19H24N2O2S/c1-3-15-8-4-5-11-17(15)20-18(22)14-21(2)19(23)12-6-9-16-10-7-13-24-16/h4-5,7-8,10-11,13H,3,6,9,12,14H2,1-2H3,(H,20,22). The lowest BCUT2D eigenvalue weighted by atomic mass is 10.1. The molecule has 2 amide bonds. The summed E-state index contributed by atoms with van der Waals surface area (Å²) in [6.07, 6.45) is 3.04. The molecule has 0 unspecified atom stereocenters. The highest BCUT2D eigenvalue weighted by molar-refractivity contribution is 7.09. The van der Waals surface area contributed by atoms with Crippen molar-refractivity contribution in [1.82, 2.24) is 4.90 Å². The molecular weight excluding hydrogens is 320 g/mol. The lowest BCUT2D eigenvalue weighted by Gasteiger charge is -2.17. The summed E-state index contributed by atoms with van der Waals surface area (Å²) in [6, 6.07) is 11.8. The fourth-order valence-electron chi connectivity index (χ4n) is 2.50. The molecule has 128 valence electrons. The number of rotatable bonds is 8. The Morgan fingerprint density at radius 1 is 1.17 bits per heavy atom. The number of nitrogens with one attached hydrogen (secondary N) is 1. The summed E-state index contributed by atoms with van der Waals surface area (Å²) in [5.41, 5.74) is 1.92. The van der Waals surface area contributed by atoms with Crippen molar-refractivity contribution in [2.45, 2.75) is 32.6 Å². The van der Waals surface area contributed by atoms with Crippen LogP contribution in [0.4, 0.5) is 5.69 Å². The van der Waals surface area contributed by atoms with Crippen molar-refractivity contribution in [2.75, 3.05) is 18.9 Å². The number of hydrogen-bond acceptors (Lipinski definition) is 3. The van der Waals surface area contributed by atoms with Crippen molar-refractivity contribution in [3.05, 3.63) is 52.2 Å². The molecule has 1 aromatic heterocycles. The van der Waals surface area contributed by atoms with Crippen LogP contribution in [0.3, 0.4) is 0 Å². The van der Waals surface area contributed by atoms with Gasteiger partial charge in [-0.2, -0.15) is 0 Å². The molecule has 0 aliphatic heterocycles. The Bertz CT molecular complexity index is 668. The number of amides is 2. The average molecular weight is 344 g/mol. The molecule has 1 heterocycles. The van der Waals surface area contributed by atoms with Gasteiger partial charge in [-0.25, -0.2) is 0 Å². The topological polar surface area (TPSA) is 49.4 Å². The first-order valence-electron chi connectivity index (χ1n) is 8.24. The van der Waals surface area contributed by atoms with Gasteiger partial charge in [0, 0.05) is 24.0 Å². The molecule has 0 aliphatic rings. The smallest absolute Gasteiger partial charge is 0.243 e. The van der Waals surface area contributed by atoms with E-state index in [9.17, 15) is 9.59 Å². The minimum Gasteiger partial charge on any atom is -0.336 e. The molecule has 2 aromatic rings. The van der Waals surface area contributed by atoms with Crippen molar-refractivity contribution in [3.8, 4) is 0 Å². The van der Waals surface area contributed by atoms with E-state index >= 15 is 0 Å². The molecule has 0 saturated carbocycles. The van der Waals surface area contributed by atoms with Crippen molar-refractivity contribution in [3.63, 3.8) is 0 Å². The zero-order valence-electron chi connectivity index (χ0n) is 14.2. The van der Waals surface area contributed by atoms with Gasteiger partial charge in [-0.3, -0.25) is 9.59 Å². The lowest BCUT2D eigenvalue weighted by Crippen LogP contribution is -2.35. The Labute approximate surface area is 147 Å². The molecule has 2 rings (SSSR count). The van der Waals surface area contributed by atoms with E-state index in [-0.39, 0.29) is 18.4 Å². The van der Waals surface area contributed by atoms with Crippen LogP contribution in [0, 0.1) is 0 Å². The van der Waals surface area contributed by atoms with Gasteiger partial charge in [-0.05, 0) is 42.3 Å². The third kappa shape index (κ3) is 5.49. The zero-order valence-corrected chi connectivity index (χ0v) is 15.1. The molecule has 1 aromatic carbocycles. The number of hydrogen-bond donors (Lipinski definition) is 1. The molecule has 0 bridgehead atoms. The number of thiophene rings is 1. The Hall–Kier alpha value is -2.14. The van der Waals surface area contributed by atoms with Gasteiger partial charge in [-0.1, -0.05) is 31.2 Å². The highest BCUT2D eigenvalue weighted by atomic mass is 32.1. The van der Waals surface area contributed by atoms with E-state index in [1.54, 1.807) is 18.4 Å². The SMILES string of the molecule is CCc1ccccc1NC(=O)CN(C)C(=O)CCCc1cccs1. The van der Waals surface area contributed by atoms with E-state index in [2.05, 4.69) is 11.4 Å². The molecule has 1 N–H and O–H groups in total. The number of benzene rings is 1. The number of likely N-dealkylation sites (N-methyl/N-ethyl adjacent to an activating group) is 1. The molecule has 4 nitrogen and oxygen atoms in total. The summed E-state index contributed by atoms with van der Waals surface area (Å²) in [5, 5.41) is 4.94. The highest BCUT2D eigenvalue weighted by Gasteiger charge is 2.13. The second-order valence-electron chi connectivity index (χ2n) is 5.74. The van der Waals surface area contributed by atoms with Crippen LogP contribution in [-0.2, 0) is 22.4 Å². The van der Waals surface area contributed by atoms with Gasteiger partial charge in [0.25, 0.3) is 0 Å². The van der Waals surface area contributed by atoms with E-state index in [0.717, 1.165) is 30.5 Å². The van der Waals surface area contributed by atoms with Gasteiger partial charge in [0.1, 0.15) is 0 Å². The van der Waals surface area contributed by atoms with Crippen LogP contribution in [0.25, 0.3) is 0 Å². The second kappa shape index (κ2) is 9.23. The first-order chi connectivity index (χ1) is 11.6. The second-order valence-corrected chi connectivity index (χ2v) is 6.77. The maximum atomic E-state index is 12.2. The van der Waals surface area contributed by atoms with E-state index in [1.165, 1.54) is 9.78 Å². The van der Waals surface area contributed by atoms with E-state index in [1.807, 2.05) is 42.6 Å². The lowest BCUT2D eigenvalue weighted by molar-refractivity contribution is -0.133. The third-order valence-corrected chi connectivity index (χ3v) is 4.81. The molecule has 0 atom stereocenters. The van der Waals surface area contributed by atoms with Gasteiger partial charge in [0.2, 0.25) is 11.8 Å². The number of nitrogens with zero attached hydrogens (tertiary/aromatic N) is 1. The van der Waals surface area contributed by atoms with Crippen LogP contribution in [0.2, 0.25) is 0 Å². The molecule has 0 fully saturated rings. The Balaban J connectivity index is 1.76. The zero-order chi connectivity index (χ0) is 17.4. The largest absolute Gasteiger partial charge is 0.336 e. The normalized spacial score (nSPS) is 10.4. The molecular formula is C19H24N2O2S. The summed E-state index contributed by atoms with van der Waals surface area (Å²) in [4.78, 5) is 27.1. The Morgan fingerprint density at radius 2 is 1.96 bits per heavy atom. The van der Waals surface area contributed by atoms with Crippen molar-refractivity contribution in [2.24, 2.45) is 0 Å². The van der Waals surface area contributed by atoms with Crippen molar-refractivity contribution >= 4 is 28.8 Å². The highest BCUT2D eigenvalue weighted by Crippen LogP contribution is 2.15. The number of aryl methyl sites for hydroxylation is 2. The maximum Gasteiger partial charge on any atom is 0.243 e. The van der Waals surface area contributed by atoms with Gasteiger partial charge in [-0.15, -0.1) is 11.3 Å². The maximum absolute atomic E-state index is 12.2. The third-order valence-electron chi connectivity index (χ3n) is 3.87. The Morgan fingerprint density at radius 3 is 2.67 bits per heavy atom. The summed E-state index contributed by atoms with van der Waals surface area (Å²) in [7, 11) is 1.68. The van der Waals surface area contributed by atoms with Crippen LogP contribution < -0.4 is 5.32 Å². The molecule has 0 saturated heterocycles. The van der Waals surface area contributed by atoms with Crippen LogP contribution >= 0.6 is 11.3 Å². The Kier molecular flexibility index (Phi) is 7.00. The quantitative estimate of drug-likeness (QED) is 0.793. The predicted octanol–water partition coefficient (Wildman–Crippen LogP) is 3.73. The van der Waals surface area contributed by atoms with Crippen LogP contribution in [0.1, 0.15) is 30.2 Å². The van der Waals surface area contributed by atoms with Crippen LogP contribution in [0.5, 0.6) is 0 Å². The van der Waals surface area contributed by atoms with Gasteiger partial charge >= 0.3 is 0 Å². The minimum absolute atomic E-state index is 0.00508. The number of carbonyl (C=O) groups excluding carboxylic acids is 2. The molecule has 24 heavy (non-hydrogen) atoms. The number of carbonyl (C=O) groups is 2. The molecule has 0 radical (unpaired) electrons. The van der Waals surface area contributed by atoms with E-state index in [4.69, 9.17) is 0 Å². The van der Waals surface area contributed by atoms with Crippen LogP contribution in [-0.4, -0.2) is 30.3 Å². The van der Waals surface area contributed by atoms with Gasteiger partial charge < -0.3 is 10.2 Å². The first kappa shape index (κ1) is 18.2. The van der Waals surface area contributed by atoms with Crippen molar-refractivity contribution in [1.29, 1.82) is 0 Å². The van der Waals surface area contributed by atoms with Gasteiger partial charge in [0.15, 0.2) is 0 Å². The summed E-state index contributed by atoms with van der Waals surface area (Å²) in [6.45, 7) is 2.13. The predicted molar refractivity (Wildman–Crippen MR) is 99.3 cm³/mol. The van der Waals surface area contributed by atoms with Crippen LogP contribution in [0.15, 0.2) is 41.8 Å². The summed E-state index contributed by atoms with van der Waals surface area (Å²) in [5.74, 6) is -0.157. The number of para-hydroxylation sites is 1. The van der Waals surface area contributed by atoms with Crippen molar-refractivity contribution < 1.29 is 9.59 Å². The summed E-state index contributed by atoms with van der Waals surface area (Å²) < 4.78 is 0. The fraction of sp³-hybridized carbons (Fsp3) is 0.368. The first-order valence-corrected chi connectivity index (χ1v) is 9.12. The monoisotopic (exact) mass is 344 g/mol. The average Bonchev–Trinajstić information content (AvgIpc) is 3.08. The molecule has 0 aliphatic carbocycles. The van der Waals surface area contributed by atoms with E-state index < -0.39 is 0 Å².